The van der Waals surface area contributed by atoms with Crippen LogP contribution in [0.3, 0.4) is 0 Å². The Labute approximate surface area is 145 Å². The Morgan fingerprint density at radius 1 is 1.12 bits per heavy atom. The molecule has 0 fully saturated rings. The van der Waals surface area contributed by atoms with Gasteiger partial charge in [0.1, 0.15) is 17.1 Å². The predicted molar refractivity (Wildman–Crippen MR) is 92.4 cm³/mol. The van der Waals surface area contributed by atoms with Crippen molar-refractivity contribution in [2.24, 2.45) is 0 Å². The zero-order chi connectivity index (χ0) is 18.2. The number of carbonyl (C=O) groups is 2. The second kappa shape index (κ2) is 8.74. The Balaban J connectivity index is 2.20. The minimum Gasteiger partial charge on any atom is -0.497 e. The van der Waals surface area contributed by atoms with Gasteiger partial charge in [0.25, 0.3) is 0 Å². The zero-order valence-corrected chi connectivity index (χ0v) is 14.3. The molecule has 8 heteroatoms. The fraction of sp³-hybridized carbons (Fsp3) is 0.294. The molecule has 1 aromatic carbocycles. The molecule has 0 unspecified atom stereocenters. The number of methoxy groups -OCH3 is 3. The molecule has 1 heterocycles. The minimum absolute atomic E-state index is 0.198. The first-order chi connectivity index (χ1) is 12.1. The van der Waals surface area contributed by atoms with Crippen LogP contribution in [0.1, 0.15) is 16.8 Å². The summed E-state index contributed by atoms with van der Waals surface area (Å²) in [6, 6.07) is 8.98. The fourth-order valence-corrected chi connectivity index (χ4v) is 2.14. The molecule has 2 rings (SSSR count). The number of nitrogens with one attached hydrogen (secondary N) is 3. The van der Waals surface area contributed by atoms with E-state index in [0.717, 1.165) is 11.3 Å². The summed E-state index contributed by atoms with van der Waals surface area (Å²) in [4.78, 5) is 26.7. The Morgan fingerprint density at radius 2 is 1.84 bits per heavy atom. The van der Waals surface area contributed by atoms with E-state index in [1.165, 1.54) is 14.2 Å². The van der Waals surface area contributed by atoms with Crippen LogP contribution in [-0.2, 0) is 14.3 Å². The van der Waals surface area contributed by atoms with Gasteiger partial charge in [-0.05, 0) is 35.9 Å². The lowest BCUT2D eigenvalue weighted by Gasteiger charge is -2.08. The van der Waals surface area contributed by atoms with E-state index < -0.39 is 5.97 Å². The number of benzene rings is 1. The second-order valence-electron chi connectivity index (χ2n) is 5.11. The topological polar surface area (TPSA) is 102 Å². The van der Waals surface area contributed by atoms with Gasteiger partial charge in [-0.2, -0.15) is 0 Å². The van der Waals surface area contributed by atoms with Crippen molar-refractivity contribution >= 4 is 17.7 Å². The summed E-state index contributed by atoms with van der Waals surface area (Å²) in [7, 11) is 4.40. The van der Waals surface area contributed by atoms with Crippen LogP contribution in [-0.4, -0.2) is 44.8 Å². The maximum Gasteiger partial charge on any atom is 0.341 e. The predicted octanol–water partition coefficient (Wildman–Crippen LogP) is 1.96. The van der Waals surface area contributed by atoms with E-state index in [4.69, 9.17) is 14.2 Å². The number of hydrogen-bond acceptors (Lipinski definition) is 6. The molecular weight excluding hydrogens is 326 g/mol. The monoisotopic (exact) mass is 347 g/mol. The number of carbonyl (C=O) groups excluding carboxylic acids is 2. The number of amides is 1. The van der Waals surface area contributed by atoms with Crippen LogP contribution in [0, 0.1) is 0 Å². The van der Waals surface area contributed by atoms with Crippen LogP contribution < -0.4 is 15.6 Å². The molecule has 0 atom stereocenters. The van der Waals surface area contributed by atoms with Crippen molar-refractivity contribution < 1.29 is 23.8 Å². The van der Waals surface area contributed by atoms with Gasteiger partial charge in [-0.3, -0.25) is 15.6 Å². The highest BCUT2D eigenvalue weighted by Crippen LogP contribution is 2.27. The smallest absolute Gasteiger partial charge is 0.341 e. The van der Waals surface area contributed by atoms with Crippen LogP contribution in [0.15, 0.2) is 30.3 Å². The minimum atomic E-state index is -0.523. The number of aromatic amines is 1. The molecule has 1 aromatic heterocycles. The Bertz CT molecular complexity index is 724. The number of hydrazine groups is 1. The number of rotatable bonds is 8. The average Bonchev–Trinajstić information content (AvgIpc) is 3.08. The van der Waals surface area contributed by atoms with Crippen molar-refractivity contribution in [3.63, 3.8) is 0 Å². The highest BCUT2D eigenvalue weighted by molar-refractivity contribution is 5.97. The first kappa shape index (κ1) is 18.3. The SMILES string of the molecule is COCCC(=O)NNc1[nH]c(-c2ccc(OC)cc2)cc1C(=O)OC. The highest BCUT2D eigenvalue weighted by Gasteiger charge is 2.17. The number of ether oxygens (including phenoxy) is 3. The van der Waals surface area contributed by atoms with E-state index in [0.29, 0.717) is 18.1 Å². The first-order valence-corrected chi connectivity index (χ1v) is 7.58. The van der Waals surface area contributed by atoms with Gasteiger partial charge in [0.15, 0.2) is 0 Å². The number of hydrogen-bond donors (Lipinski definition) is 3. The van der Waals surface area contributed by atoms with Crippen LogP contribution >= 0.6 is 0 Å². The van der Waals surface area contributed by atoms with Gasteiger partial charge in [0.05, 0.1) is 27.2 Å². The molecule has 0 spiro atoms. The molecular formula is C17H21N3O5. The van der Waals surface area contributed by atoms with Gasteiger partial charge >= 0.3 is 5.97 Å². The number of anilines is 1. The van der Waals surface area contributed by atoms with Crippen molar-refractivity contribution in [2.75, 3.05) is 33.4 Å². The summed E-state index contributed by atoms with van der Waals surface area (Å²) >= 11 is 0. The lowest BCUT2D eigenvalue weighted by molar-refractivity contribution is -0.121. The Kier molecular flexibility index (Phi) is 6.41. The highest BCUT2D eigenvalue weighted by atomic mass is 16.5. The molecule has 8 nitrogen and oxygen atoms in total. The molecule has 0 aliphatic heterocycles. The van der Waals surface area contributed by atoms with Gasteiger partial charge in [-0.15, -0.1) is 0 Å². The standard InChI is InChI=1S/C17H21N3O5/c1-23-9-8-15(21)19-20-16-13(17(22)25-3)10-14(18-16)11-4-6-12(24-2)7-5-11/h4-7,10,18,20H,8-9H2,1-3H3,(H,19,21). The van der Waals surface area contributed by atoms with E-state index in [1.807, 2.05) is 24.3 Å². The van der Waals surface area contributed by atoms with E-state index in [-0.39, 0.29) is 17.9 Å². The van der Waals surface area contributed by atoms with E-state index in [1.54, 1.807) is 13.2 Å². The normalized spacial score (nSPS) is 10.2. The van der Waals surface area contributed by atoms with Crippen LogP contribution in [0.2, 0.25) is 0 Å². The number of esters is 1. The first-order valence-electron chi connectivity index (χ1n) is 7.58. The Hall–Kier alpha value is -3.00. The average molecular weight is 347 g/mol. The molecule has 3 N–H and O–H groups in total. The quantitative estimate of drug-likeness (QED) is 0.498. The van der Waals surface area contributed by atoms with Crippen molar-refractivity contribution in [1.82, 2.24) is 10.4 Å². The van der Waals surface area contributed by atoms with Crippen LogP contribution in [0.25, 0.3) is 11.3 Å². The van der Waals surface area contributed by atoms with Gasteiger partial charge in [-0.1, -0.05) is 0 Å². The summed E-state index contributed by atoms with van der Waals surface area (Å²) < 4.78 is 14.8. The van der Waals surface area contributed by atoms with Crippen LogP contribution in [0.4, 0.5) is 5.82 Å². The largest absolute Gasteiger partial charge is 0.497 e. The van der Waals surface area contributed by atoms with E-state index in [9.17, 15) is 9.59 Å². The molecule has 0 saturated carbocycles. The number of H-pyrrole nitrogens is 1. The molecule has 1 amide bonds. The molecule has 0 bridgehead atoms. The Morgan fingerprint density at radius 3 is 2.44 bits per heavy atom. The van der Waals surface area contributed by atoms with Gasteiger partial charge in [0.2, 0.25) is 5.91 Å². The third kappa shape index (κ3) is 4.74. The van der Waals surface area contributed by atoms with Crippen molar-refractivity contribution in [2.45, 2.75) is 6.42 Å². The lowest BCUT2D eigenvalue weighted by atomic mass is 10.1. The van der Waals surface area contributed by atoms with E-state index in [2.05, 4.69) is 15.8 Å². The van der Waals surface area contributed by atoms with Gasteiger partial charge < -0.3 is 19.2 Å². The van der Waals surface area contributed by atoms with Crippen molar-refractivity contribution in [1.29, 1.82) is 0 Å². The summed E-state index contributed by atoms with van der Waals surface area (Å²) in [5, 5.41) is 0. The molecule has 25 heavy (non-hydrogen) atoms. The third-order valence-corrected chi connectivity index (χ3v) is 3.48. The number of aromatic nitrogens is 1. The fourth-order valence-electron chi connectivity index (χ4n) is 2.14. The second-order valence-corrected chi connectivity index (χ2v) is 5.11. The summed E-state index contributed by atoms with van der Waals surface area (Å²) in [5.41, 5.74) is 7.04. The maximum atomic E-state index is 12.0. The zero-order valence-electron chi connectivity index (χ0n) is 14.3. The molecule has 2 aromatic rings. The van der Waals surface area contributed by atoms with E-state index >= 15 is 0 Å². The molecule has 134 valence electrons. The molecule has 0 radical (unpaired) electrons. The summed E-state index contributed by atoms with van der Waals surface area (Å²) in [5.74, 6) is 0.276. The summed E-state index contributed by atoms with van der Waals surface area (Å²) in [6.45, 7) is 0.305. The van der Waals surface area contributed by atoms with Gasteiger partial charge in [0, 0.05) is 12.8 Å². The third-order valence-electron chi connectivity index (χ3n) is 3.48. The molecule has 0 saturated heterocycles. The van der Waals surface area contributed by atoms with Crippen molar-refractivity contribution in [3.05, 3.63) is 35.9 Å². The molecule has 0 aliphatic rings. The maximum absolute atomic E-state index is 12.0. The van der Waals surface area contributed by atoms with Crippen LogP contribution in [0.5, 0.6) is 5.75 Å². The van der Waals surface area contributed by atoms with Crippen molar-refractivity contribution in [3.8, 4) is 17.0 Å². The van der Waals surface area contributed by atoms with Gasteiger partial charge in [-0.25, -0.2) is 4.79 Å². The molecule has 0 aliphatic carbocycles. The lowest BCUT2D eigenvalue weighted by Crippen LogP contribution is -2.30. The summed E-state index contributed by atoms with van der Waals surface area (Å²) in [6.07, 6.45) is 0.198.